The Balaban J connectivity index is 1.85. The van der Waals surface area contributed by atoms with E-state index in [1.807, 2.05) is 60.4 Å². The lowest BCUT2D eigenvalue weighted by Crippen LogP contribution is -2.56. The maximum absolute atomic E-state index is 13.2. The van der Waals surface area contributed by atoms with Gasteiger partial charge in [-0.3, -0.25) is 4.79 Å². The van der Waals surface area contributed by atoms with E-state index in [-0.39, 0.29) is 5.91 Å². The van der Waals surface area contributed by atoms with Crippen molar-refractivity contribution in [1.82, 2.24) is 4.90 Å². The van der Waals surface area contributed by atoms with Crippen molar-refractivity contribution in [2.24, 2.45) is 0 Å². The number of fused-ring (bicyclic) bond motifs is 1. The number of nitrogens with zero attached hydrogens (tertiary/aromatic N) is 1. The minimum absolute atomic E-state index is 0.0716. The molecule has 1 atom stereocenters. The van der Waals surface area contributed by atoms with Gasteiger partial charge >= 0.3 is 0 Å². The fourth-order valence-corrected chi connectivity index (χ4v) is 3.56. The molecule has 5 nitrogen and oxygen atoms in total. The second kappa shape index (κ2) is 9.11. The van der Waals surface area contributed by atoms with E-state index < -0.39 is 5.66 Å². The predicted octanol–water partition coefficient (Wildman–Crippen LogP) is 4.64. The van der Waals surface area contributed by atoms with E-state index in [1.165, 1.54) is 0 Å². The second-order valence-electron chi connectivity index (χ2n) is 7.12. The van der Waals surface area contributed by atoms with E-state index in [1.54, 1.807) is 0 Å². The number of carbonyl (C=O) groups excluding carboxylic acids is 1. The highest BCUT2D eigenvalue weighted by Gasteiger charge is 2.41. The molecule has 1 heterocycles. The molecule has 0 spiro atoms. The topological polar surface area (TPSA) is 50.8 Å². The van der Waals surface area contributed by atoms with Gasteiger partial charge in [0, 0.05) is 18.8 Å². The first kappa shape index (κ1) is 20.2. The van der Waals surface area contributed by atoms with Crippen LogP contribution in [-0.2, 0) is 10.4 Å². The van der Waals surface area contributed by atoms with Gasteiger partial charge in [0.05, 0.1) is 12.2 Å². The number of nitrogens with one attached hydrogen (secondary N) is 1. The van der Waals surface area contributed by atoms with E-state index in [0.717, 1.165) is 35.4 Å². The lowest BCUT2D eigenvalue weighted by atomic mass is 9.93. The fraction of sp³-hybridized carbons (Fsp3) is 0.435. The molecular formula is C23H30N2O3. The quantitative estimate of drug-likeness (QED) is 0.642. The predicted molar refractivity (Wildman–Crippen MR) is 112 cm³/mol. The summed E-state index contributed by atoms with van der Waals surface area (Å²) < 4.78 is 11.0. The smallest absolute Gasteiger partial charge is 0.258 e. The Morgan fingerprint density at radius 2 is 1.79 bits per heavy atom. The van der Waals surface area contributed by atoms with Gasteiger partial charge in [0.15, 0.2) is 0 Å². The first-order chi connectivity index (χ1) is 13.6. The van der Waals surface area contributed by atoms with Crippen molar-refractivity contribution >= 4 is 11.6 Å². The standard InChI is InChI=1S/C23H30N2O3/c1-4-6-15-25-22(26)20-9-7-8-10-21(20)24-23(25,3)18-11-13-19(14-12-18)28-17-16-27-5-2/h7-14,24H,4-6,15-17H2,1-3H3. The number of benzene rings is 2. The van der Waals surface area contributed by atoms with E-state index in [9.17, 15) is 4.79 Å². The number of para-hydroxylation sites is 1. The molecule has 0 saturated carbocycles. The van der Waals surface area contributed by atoms with Gasteiger partial charge in [-0.25, -0.2) is 0 Å². The van der Waals surface area contributed by atoms with Gasteiger partial charge in [-0.15, -0.1) is 0 Å². The molecule has 1 amide bonds. The number of ether oxygens (including phenoxy) is 2. The summed E-state index contributed by atoms with van der Waals surface area (Å²) in [5.74, 6) is 0.872. The third kappa shape index (κ3) is 4.14. The molecule has 2 aromatic carbocycles. The molecule has 1 N–H and O–H groups in total. The van der Waals surface area contributed by atoms with Crippen molar-refractivity contribution < 1.29 is 14.3 Å². The van der Waals surface area contributed by atoms with Crippen LogP contribution in [0.4, 0.5) is 5.69 Å². The van der Waals surface area contributed by atoms with E-state index in [2.05, 4.69) is 19.2 Å². The number of anilines is 1. The zero-order chi connectivity index (χ0) is 20.0. The number of hydrogen-bond donors (Lipinski definition) is 1. The molecule has 5 heteroatoms. The Bertz CT molecular complexity index is 791. The number of carbonyl (C=O) groups is 1. The average Bonchev–Trinajstić information content (AvgIpc) is 2.71. The largest absolute Gasteiger partial charge is 0.491 e. The molecular weight excluding hydrogens is 352 g/mol. The van der Waals surface area contributed by atoms with E-state index in [4.69, 9.17) is 9.47 Å². The highest BCUT2D eigenvalue weighted by Crippen LogP contribution is 2.38. The molecule has 1 aliphatic rings. The van der Waals surface area contributed by atoms with Gasteiger partial charge in [-0.2, -0.15) is 0 Å². The summed E-state index contributed by atoms with van der Waals surface area (Å²) in [6, 6.07) is 15.7. The average molecular weight is 383 g/mol. The Kier molecular flexibility index (Phi) is 6.57. The minimum Gasteiger partial charge on any atom is -0.491 e. The van der Waals surface area contributed by atoms with Gasteiger partial charge in [-0.05, 0) is 50.1 Å². The van der Waals surface area contributed by atoms with Crippen LogP contribution in [0.15, 0.2) is 48.5 Å². The van der Waals surface area contributed by atoms with Gasteiger partial charge in [0.2, 0.25) is 0 Å². The zero-order valence-corrected chi connectivity index (χ0v) is 17.0. The van der Waals surface area contributed by atoms with Crippen molar-refractivity contribution in [3.63, 3.8) is 0 Å². The van der Waals surface area contributed by atoms with Crippen LogP contribution in [0.5, 0.6) is 5.75 Å². The first-order valence-electron chi connectivity index (χ1n) is 10.1. The molecule has 0 aliphatic carbocycles. The lowest BCUT2D eigenvalue weighted by Gasteiger charge is -2.47. The third-order valence-electron chi connectivity index (χ3n) is 5.17. The summed E-state index contributed by atoms with van der Waals surface area (Å²) in [5.41, 5.74) is 2.03. The highest BCUT2D eigenvalue weighted by atomic mass is 16.5. The summed E-state index contributed by atoms with van der Waals surface area (Å²) in [7, 11) is 0. The first-order valence-corrected chi connectivity index (χ1v) is 10.1. The lowest BCUT2D eigenvalue weighted by molar-refractivity contribution is 0.0531. The zero-order valence-electron chi connectivity index (χ0n) is 17.0. The van der Waals surface area contributed by atoms with Gasteiger partial charge in [0.1, 0.15) is 18.0 Å². The monoisotopic (exact) mass is 382 g/mol. The molecule has 2 aromatic rings. The Hall–Kier alpha value is -2.53. The Morgan fingerprint density at radius 3 is 2.50 bits per heavy atom. The molecule has 0 bridgehead atoms. The van der Waals surface area contributed by atoms with Crippen molar-refractivity contribution in [3.05, 3.63) is 59.7 Å². The van der Waals surface area contributed by atoms with Crippen LogP contribution in [0, 0.1) is 0 Å². The summed E-state index contributed by atoms with van der Waals surface area (Å²) in [5, 5.41) is 3.60. The third-order valence-corrected chi connectivity index (χ3v) is 5.17. The Labute approximate surface area is 167 Å². The van der Waals surface area contributed by atoms with Crippen LogP contribution in [0.1, 0.15) is 49.5 Å². The highest BCUT2D eigenvalue weighted by molar-refractivity contribution is 6.02. The SMILES string of the molecule is CCCCN1C(=O)c2ccccc2NC1(C)c1ccc(OCCOCC)cc1. The number of unbranched alkanes of at least 4 members (excludes halogenated alkanes) is 1. The number of hydrogen-bond acceptors (Lipinski definition) is 4. The van der Waals surface area contributed by atoms with E-state index in [0.29, 0.717) is 26.4 Å². The van der Waals surface area contributed by atoms with Gasteiger partial charge < -0.3 is 19.7 Å². The van der Waals surface area contributed by atoms with Gasteiger partial charge in [-0.1, -0.05) is 37.6 Å². The molecule has 150 valence electrons. The molecule has 0 aromatic heterocycles. The Morgan fingerprint density at radius 1 is 1.04 bits per heavy atom. The molecule has 0 saturated heterocycles. The van der Waals surface area contributed by atoms with Crippen molar-refractivity contribution in [3.8, 4) is 5.75 Å². The van der Waals surface area contributed by atoms with Crippen LogP contribution in [0.25, 0.3) is 0 Å². The summed E-state index contributed by atoms with van der Waals surface area (Å²) in [6.07, 6.45) is 2.00. The summed E-state index contributed by atoms with van der Waals surface area (Å²) in [6.45, 7) is 8.68. The van der Waals surface area contributed by atoms with Gasteiger partial charge in [0.25, 0.3) is 5.91 Å². The molecule has 0 radical (unpaired) electrons. The molecule has 28 heavy (non-hydrogen) atoms. The fourth-order valence-electron chi connectivity index (χ4n) is 3.56. The summed E-state index contributed by atoms with van der Waals surface area (Å²) in [4.78, 5) is 15.2. The number of amides is 1. The molecule has 1 aliphatic heterocycles. The molecule has 3 rings (SSSR count). The molecule has 0 fully saturated rings. The maximum atomic E-state index is 13.2. The van der Waals surface area contributed by atoms with Crippen LogP contribution < -0.4 is 10.1 Å². The van der Waals surface area contributed by atoms with Crippen LogP contribution in [0.3, 0.4) is 0 Å². The minimum atomic E-state index is -0.607. The molecule has 1 unspecified atom stereocenters. The maximum Gasteiger partial charge on any atom is 0.258 e. The summed E-state index contributed by atoms with van der Waals surface area (Å²) >= 11 is 0. The van der Waals surface area contributed by atoms with Crippen molar-refractivity contribution in [2.75, 3.05) is 31.7 Å². The second-order valence-corrected chi connectivity index (χ2v) is 7.12. The van der Waals surface area contributed by atoms with Crippen LogP contribution >= 0.6 is 0 Å². The van der Waals surface area contributed by atoms with Crippen LogP contribution in [0.2, 0.25) is 0 Å². The van der Waals surface area contributed by atoms with Crippen LogP contribution in [-0.4, -0.2) is 37.2 Å². The van der Waals surface area contributed by atoms with Crippen molar-refractivity contribution in [1.29, 1.82) is 0 Å². The van der Waals surface area contributed by atoms with Crippen molar-refractivity contribution in [2.45, 2.75) is 39.3 Å². The normalized spacial score (nSPS) is 18.5. The van der Waals surface area contributed by atoms with E-state index >= 15 is 0 Å². The number of rotatable bonds is 9.